The molecule has 140 valence electrons. The number of nitrogens with one attached hydrogen (secondary N) is 1. The van der Waals surface area contributed by atoms with Crippen LogP contribution in [0.5, 0.6) is 5.75 Å². The van der Waals surface area contributed by atoms with Gasteiger partial charge in [-0.15, -0.1) is 0 Å². The second kappa shape index (κ2) is 8.36. The minimum absolute atomic E-state index is 0.0691. The number of aromatic nitrogens is 2. The maximum atomic E-state index is 12.2. The second-order valence-electron chi connectivity index (χ2n) is 6.87. The van der Waals surface area contributed by atoms with E-state index >= 15 is 0 Å². The van der Waals surface area contributed by atoms with E-state index < -0.39 is 0 Å². The number of hydrogen-bond acceptors (Lipinski definition) is 4. The van der Waals surface area contributed by atoms with Crippen molar-refractivity contribution >= 4 is 5.91 Å². The van der Waals surface area contributed by atoms with Crippen molar-refractivity contribution in [2.75, 3.05) is 20.2 Å². The van der Waals surface area contributed by atoms with Gasteiger partial charge in [-0.1, -0.05) is 18.2 Å². The molecule has 6 heteroatoms. The first-order valence-electron chi connectivity index (χ1n) is 9.25. The van der Waals surface area contributed by atoms with Gasteiger partial charge in [0.2, 0.25) is 5.91 Å². The molecule has 1 saturated heterocycles. The van der Waals surface area contributed by atoms with Crippen molar-refractivity contribution in [1.82, 2.24) is 20.0 Å². The number of likely N-dealkylation sites (tertiary alicyclic amines) is 1. The molecule has 0 aliphatic carbocycles. The summed E-state index contributed by atoms with van der Waals surface area (Å²) in [6, 6.07) is 8.19. The van der Waals surface area contributed by atoms with Crippen LogP contribution in [-0.2, 0) is 18.4 Å². The van der Waals surface area contributed by atoms with Gasteiger partial charge in [-0.05, 0) is 25.3 Å². The third kappa shape index (κ3) is 4.07. The summed E-state index contributed by atoms with van der Waals surface area (Å²) in [5, 5.41) is 7.85. The molecule has 0 radical (unpaired) electrons. The predicted molar refractivity (Wildman–Crippen MR) is 101 cm³/mol. The van der Waals surface area contributed by atoms with Gasteiger partial charge < -0.3 is 15.0 Å². The number of carbonyl (C=O) groups is 1. The van der Waals surface area contributed by atoms with Crippen molar-refractivity contribution in [3.63, 3.8) is 0 Å². The third-order valence-electron chi connectivity index (χ3n) is 5.05. The Bertz CT molecular complexity index is 743. The van der Waals surface area contributed by atoms with Gasteiger partial charge in [0, 0.05) is 50.9 Å². The van der Waals surface area contributed by atoms with E-state index in [2.05, 4.69) is 16.5 Å². The number of benzene rings is 1. The number of rotatable bonds is 7. The Morgan fingerprint density at radius 3 is 2.85 bits per heavy atom. The van der Waals surface area contributed by atoms with Crippen LogP contribution in [0.4, 0.5) is 0 Å². The van der Waals surface area contributed by atoms with Gasteiger partial charge in [0.1, 0.15) is 5.75 Å². The molecule has 1 aliphatic rings. The summed E-state index contributed by atoms with van der Waals surface area (Å²) in [5.41, 5.74) is 2.26. The minimum atomic E-state index is 0.0691. The SMILES string of the molecule is CCOc1ccccc1CNC[C@H]1CCC(=O)N(C)[C@@H]1c1cnn(C)c1. The Kier molecular flexibility index (Phi) is 5.93. The summed E-state index contributed by atoms with van der Waals surface area (Å²) in [5.74, 6) is 1.50. The van der Waals surface area contributed by atoms with E-state index in [0.717, 1.165) is 36.4 Å². The monoisotopic (exact) mass is 356 g/mol. The predicted octanol–water partition coefficient (Wildman–Crippen LogP) is 2.52. The first kappa shape index (κ1) is 18.5. The highest BCUT2D eigenvalue weighted by Crippen LogP contribution is 2.35. The number of piperidine rings is 1. The summed E-state index contributed by atoms with van der Waals surface area (Å²) < 4.78 is 7.50. The lowest BCUT2D eigenvalue weighted by molar-refractivity contribution is -0.137. The van der Waals surface area contributed by atoms with Crippen LogP contribution < -0.4 is 10.1 Å². The maximum absolute atomic E-state index is 12.2. The minimum Gasteiger partial charge on any atom is -0.494 e. The lowest BCUT2D eigenvalue weighted by Crippen LogP contribution is -2.43. The van der Waals surface area contributed by atoms with Crippen molar-refractivity contribution in [3.8, 4) is 5.75 Å². The molecule has 26 heavy (non-hydrogen) atoms. The number of carbonyl (C=O) groups excluding carboxylic acids is 1. The molecule has 1 aromatic heterocycles. The average molecular weight is 356 g/mol. The molecule has 2 atom stereocenters. The molecule has 1 N–H and O–H groups in total. The standard InChI is InChI=1S/C20H28N4O2/c1-4-26-18-8-6-5-7-15(18)11-21-12-16-9-10-19(25)24(3)20(16)17-13-22-23(2)14-17/h5-8,13-14,16,20-21H,4,9-12H2,1-3H3/t16-,20+/m1/s1. The fraction of sp³-hybridized carbons (Fsp3) is 0.500. The lowest BCUT2D eigenvalue weighted by Gasteiger charge is -2.38. The van der Waals surface area contributed by atoms with Crippen molar-refractivity contribution in [2.24, 2.45) is 13.0 Å². The van der Waals surface area contributed by atoms with E-state index in [1.54, 1.807) is 4.68 Å². The smallest absolute Gasteiger partial charge is 0.222 e. The molecule has 3 rings (SSSR count). The van der Waals surface area contributed by atoms with E-state index in [4.69, 9.17) is 4.74 Å². The van der Waals surface area contributed by atoms with Crippen molar-refractivity contribution in [1.29, 1.82) is 0 Å². The molecular formula is C20H28N4O2. The lowest BCUT2D eigenvalue weighted by atomic mass is 9.85. The zero-order valence-corrected chi connectivity index (χ0v) is 15.8. The summed E-state index contributed by atoms with van der Waals surface area (Å²) >= 11 is 0. The Morgan fingerprint density at radius 1 is 1.31 bits per heavy atom. The molecule has 6 nitrogen and oxygen atoms in total. The number of hydrogen-bond donors (Lipinski definition) is 1. The second-order valence-corrected chi connectivity index (χ2v) is 6.87. The highest BCUT2D eigenvalue weighted by molar-refractivity contribution is 5.77. The molecule has 1 fully saturated rings. The van der Waals surface area contributed by atoms with Gasteiger partial charge in [0.05, 0.1) is 18.8 Å². The number of aryl methyl sites for hydroxylation is 1. The van der Waals surface area contributed by atoms with Crippen LogP contribution in [0, 0.1) is 5.92 Å². The van der Waals surface area contributed by atoms with Gasteiger partial charge in [0.25, 0.3) is 0 Å². The van der Waals surface area contributed by atoms with E-state index in [1.807, 2.05) is 56.5 Å². The number of amides is 1. The van der Waals surface area contributed by atoms with Gasteiger partial charge >= 0.3 is 0 Å². The third-order valence-corrected chi connectivity index (χ3v) is 5.05. The molecule has 0 spiro atoms. The Hall–Kier alpha value is -2.34. The van der Waals surface area contributed by atoms with Gasteiger partial charge in [-0.25, -0.2) is 0 Å². The summed E-state index contributed by atoms with van der Waals surface area (Å²) in [6.07, 6.45) is 5.38. The first-order valence-corrected chi connectivity index (χ1v) is 9.25. The molecule has 0 bridgehead atoms. The highest BCUT2D eigenvalue weighted by Gasteiger charge is 2.35. The Labute approximate surface area is 155 Å². The zero-order chi connectivity index (χ0) is 18.5. The normalized spacial score (nSPS) is 20.4. The summed E-state index contributed by atoms with van der Waals surface area (Å²) in [7, 11) is 3.81. The molecule has 2 heterocycles. The van der Waals surface area contributed by atoms with Gasteiger partial charge in [-0.2, -0.15) is 5.10 Å². The van der Waals surface area contributed by atoms with E-state index in [1.165, 1.54) is 0 Å². The average Bonchev–Trinajstić information content (AvgIpc) is 3.06. The number of para-hydroxylation sites is 1. The van der Waals surface area contributed by atoms with E-state index in [0.29, 0.717) is 18.9 Å². The summed E-state index contributed by atoms with van der Waals surface area (Å²) in [6.45, 7) is 4.26. The maximum Gasteiger partial charge on any atom is 0.222 e. The topological polar surface area (TPSA) is 59.4 Å². The van der Waals surface area contributed by atoms with Crippen LogP contribution in [-0.4, -0.2) is 40.8 Å². The molecule has 1 aromatic carbocycles. The van der Waals surface area contributed by atoms with Crippen LogP contribution in [0.15, 0.2) is 36.7 Å². The quantitative estimate of drug-likeness (QED) is 0.828. The molecule has 0 saturated carbocycles. The van der Waals surface area contributed by atoms with Crippen LogP contribution in [0.3, 0.4) is 0 Å². The van der Waals surface area contributed by atoms with Crippen LogP contribution in [0.25, 0.3) is 0 Å². The Balaban J connectivity index is 1.67. The summed E-state index contributed by atoms with van der Waals surface area (Å²) in [4.78, 5) is 14.1. The van der Waals surface area contributed by atoms with Crippen molar-refractivity contribution in [2.45, 2.75) is 32.4 Å². The largest absolute Gasteiger partial charge is 0.494 e. The number of ether oxygens (including phenoxy) is 1. The van der Waals surface area contributed by atoms with Crippen molar-refractivity contribution < 1.29 is 9.53 Å². The molecule has 2 aromatic rings. The highest BCUT2D eigenvalue weighted by atomic mass is 16.5. The fourth-order valence-corrected chi connectivity index (χ4v) is 3.76. The molecule has 0 unspecified atom stereocenters. The van der Waals surface area contributed by atoms with Crippen molar-refractivity contribution in [3.05, 3.63) is 47.8 Å². The Morgan fingerprint density at radius 2 is 2.12 bits per heavy atom. The number of nitrogens with zero attached hydrogens (tertiary/aromatic N) is 3. The molecule has 1 aliphatic heterocycles. The van der Waals surface area contributed by atoms with Gasteiger partial charge in [-0.3, -0.25) is 9.48 Å². The van der Waals surface area contributed by atoms with E-state index in [9.17, 15) is 4.79 Å². The zero-order valence-electron chi connectivity index (χ0n) is 15.8. The van der Waals surface area contributed by atoms with E-state index in [-0.39, 0.29) is 11.9 Å². The fourth-order valence-electron chi connectivity index (χ4n) is 3.76. The molecular weight excluding hydrogens is 328 g/mol. The first-order chi connectivity index (χ1) is 12.6. The van der Waals surface area contributed by atoms with Crippen LogP contribution in [0.1, 0.15) is 36.9 Å². The molecule has 1 amide bonds. The van der Waals surface area contributed by atoms with Crippen LogP contribution >= 0.6 is 0 Å². The van der Waals surface area contributed by atoms with Gasteiger partial charge in [0.15, 0.2) is 0 Å². The van der Waals surface area contributed by atoms with Crippen LogP contribution in [0.2, 0.25) is 0 Å².